The van der Waals surface area contributed by atoms with Crippen molar-refractivity contribution in [1.82, 2.24) is 0 Å². The lowest BCUT2D eigenvalue weighted by atomic mass is 10.1. The Labute approximate surface area is 130 Å². The van der Waals surface area contributed by atoms with Crippen molar-refractivity contribution in [3.05, 3.63) is 30.6 Å². The summed E-state index contributed by atoms with van der Waals surface area (Å²) in [5, 5.41) is 0. The van der Waals surface area contributed by atoms with Gasteiger partial charge in [0.15, 0.2) is 12.4 Å². The maximum atomic E-state index is 2.28. The van der Waals surface area contributed by atoms with Gasteiger partial charge < -0.3 is 24.0 Å². The highest BCUT2D eigenvalue weighted by Gasteiger charge is 1.97. The largest absolute Gasteiger partial charge is 1.00 e. The van der Waals surface area contributed by atoms with Crippen LogP contribution in [-0.4, -0.2) is 0 Å². The predicted molar refractivity (Wildman–Crippen MR) is 73.9 cm³/mol. The lowest BCUT2D eigenvalue weighted by Gasteiger charge is -2.00. The Balaban J connectivity index is 0.00000289. The molecule has 0 N–H and O–H groups in total. The summed E-state index contributed by atoms with van der Waals surface area (Å²) in [6, 6.07) is 6.29. The molecule has 0 radical (unpaired) electrons. The zero-order valence-electron chi connectivity index (χ0n) is 11.8. The van der Waals surface area contributed by atoms with Crippen molar-refractivity contribution in [1.29, 1.82) is 0 Å². The number of aryl methyl sites for hydroxylation is 1. The number of unbranched alkanes of at least 4 members (excludes halogenated alkanes) is 8. The molecule has 0 atom stereocenters. The molecular weight excluding hydrogens is 333 g/mol. The number of aromatic nitrogens is 1. The summed E-state index contributed by atoms with van der Waals surface area (Å²) in [5.41, 5.74) is 0. The van der Waals surface area contributed by atoms with Gasteiger partial charge in [-0.2, -0.15) is 0 Å². The average molecular weight is 361 g/mol. The van der Waals surface area contributed by atoms with E-state index in [0.717, 1.165) is 0 Å². The van der Waals surface area contributed by atoms with Crippen LogP contribution < -0.4 is 28.5 Å². The number of hydrogen-bond donors (Lipinski definition) is 0. The van der Waals surface area contributed by atoms with Crippen molar-refractivity contribution in [2.24, 2.45) is 0 Å². The van der Waals surface area contributed by atoms with Gasteiger partial charge >= 0.3 is 0 Å². The summed E-state index contributed by atoms with van der Waals surface area (Å²) in [6.07, 6.45) is 17.0. The molecule has 0 bridgehead atoms. The molecule has 0 amide bonds. The highest BCUT2D eigenvalue weighted by molar-refractivity contribution is 4.83. The predicted octanol–water partition coefficient (Wildman–Crippen LogP) is 1.51. The molecule has 1 nitrogen and oxygen atoms in total. The van der Waals surface area contributed by atoms with Crippen LogP contribution in [0.3, 0.4) is 0 Å². The Morgan fingerprint density at radius 2 is 1.17 bits per heavy atom. The molecule has 0 fully saturated rings. The first-order valence-electron chi connectivity index (χ1n) is 7.37. The molecule has 0 saturated heterocycles. The summed E-state index contributed by atoms with van der Waals surface area (Å²) in [7, 11) is 0. The minimum absolute atomic E-state index is 0. The van der Waals surface area contributed by atoms with Crippen LogP contribution in [0.1, 0.15) is 64.7 Å². The van der Waals surface area contributed by atoms with Gasteiger partial charge in [0.2, 0.25) is 0 Å². The normalized spacial score (nSPS) is 10.1. The molecule has 0 spiro atoms. The van der Waals surface area contributed by atoms with E-state index in [2.05, 4.69) is 42.1 Å². The highest BCUT2D eigenvalue weighted by Crippen LogP contribution is 2.09. The molecule has 2 heteroatoms. The SMILES string of the molecule is CCCCCCCCCCC[n+]1ccccc1.[I-]. The first kappa shape index (κ1) is 17.9. The molecule has 0 unspecified atom stereocenters. The van der Waals surface area contributed by atoms with Crippen LogP contribution in [0.5, 0.6) is 0 Å². The van der Waals surface area contributed by atoms with Crippen molar-refractivity contribution < 1.29 is 28.5 Å². The Hall–Kier alpha value is -0.120. The average Bonchev–Trinajstić information content (AvgIpc) is 2.38. The number of hydrogen-bond acceptors (Lipinski definition) is 0. The smallest absolute Gasteiger partial charge is 0.168 e. The van der Waals surface area contributed by atoms with Crippen LogP contribution in [0.15, 0.2) is 30.6 Å². The molecule has 18 heavy (non-hydrogen) atoms. The zero-order valence-corrected chi connectivity index (χ0v) is 13.9. The van der Waals surface area contributed by atoms with Crippen LogP contribution in [0.2, 0.25) is 0 Å². The minimum atomic E-state index is 0. The third-order valence-electron chi connectivity index (χ3n) is 3.30. The Morgan fingerprint density at radius 3 is 1.72 bits per heavy atom. The molecule has 0 aromatic carbocycles. The topological polar surface area (TPSA) is 3.88 Å². The second-order valence-electron chi connectivity index (χ2n) is 4.94. The molecule has 1 aromatic heterocycles. The number of rotatable bonds is 10. The summed E-state index contributed by atoms with van der Waals surface area (Å²) in [5.74, 6) is 0. The summed E-state index contributed by atoms with van der Waals surface area (Å²) in [6.45, 7) is 3.46. The molecule has 1 rings (SSSR count). The maximum absolute atomic E-state index is 2.28. The van der Waals surface area contributed by atoms with Gasteiger partial charge in [0.1, 0.15) is 6.54 Å². The van der Waals surface area contributed by atoms with E-state index in [9.17, 15) is 0 Å². The van der Waals surface area contributed by atoms with Gasteiger partial charge in [0.05, 0.1) is 0 Å². The van der Waals surface area contributed by atoms with E-state index >= 15 is 0 Å². The third-order valence-corrected chi connectivity index (χ3v) is 3.30. The summed E-state index contributed by atoms with van der Waals surface area (Å²) in [4.78, 5) is 0. The number of pyridine rings is 1. The van der Waals surface area contributed by atoms with Gasteiger partial charge in [0.25, 0.3) is 0 Å². The molecule has 1 heterocycles. The molecule has 1 aromatic rings. The van der Waals surface area contributed by atoms with E-state index in [-0.39, 0.29) is 24.0 Å². The van der Waals surface area contributed by atoms with Crippen molar-refractivity contribution in [2.75, 3.05) is 0 Å². The van der Waals surface area contributed by atoms with Crippen molar-refractivity contribution >= 4 is 0 Å². The van der Waals surface area contributed by atoms with Crippen molar-refractivity contribution in [3.63, 3.8) is 0 Å². The van der Waals surface area contributed by atoms with E-state index in [1.807, 2.05) is 0 Å². The van der Waals surface area contributed by atoms with Crippen LogP contribution in [-0.2, 0) is 6.54 Å². The van der Waals surface area contributed by atoms with E-state index in [1.165, 1.54) is 64.3 Å². The summed E-state index contributed by atoms with van der Waals surface area (Å²) >= 11 is 0. The molecule has 104 valence electrons. The lowest BCUT2D eigenvalue weighted by molar-refractivity contribution is -0.697. The van der Waals surface area contributed by atoms with E-state index in [4.69, 9.17) is 0 Å². The maximum Gasteiger partial charge on any atom is 0.168 e. The molecular formula is C16H28IN. The minimum Gasteiger partial charge on any atom is -1.00 e. The van der Waals surface area contributed by atoms with E-state index < -0.39 is 0 Å². The van der Waals surface area contributed by atoms with Gasteiger partial charge in [-0.3, -0.25) is 0 Å². The van der Waals surface area contributed by atoms with Crippen molar-refractivity contribution in [2.45, 2.75) is 71.3 Å². The Morgan fingerprint density at radius 1 is 0.667 bits per heavy atom. The van der Waals surface area contributed by atoms with Gasteiger partial charge in [-0.1, -0.05) is 57.9 Å². The van der Waals surface area contributed by atoms with Gasteiger partial charge in [-0.25, -0.2) is 4.57 Å². The number of halogens is 1. The van der Waals surface area contributed by atoms with Crippen LogP contribution in [0.4, 0.5) is 0 Å². The molecule has 0 aliphatic rings. The second kappa shape index (κ2) is 13.3. The van der Waals surface area contributed by atoms with Gasteiger partial charge in [-0.05, 0) is 6.42 Å². The Bertz CT molecular complexity index is 261. The first-order valence-corrected chi connectivity index (χ1v) is 7.37. The van der Waals surface area contributed by atoms with Gasteiger partial charge in [0, 0.05) is 18.6 Å². The second-order valence-corrected chi connectivity index (χ2v) is 4.94. The summed E-state index contributed by atoms with van der Waals surface area (Å²) < 4.78 is 2.28. The quantitative estimate of drug-likeness (QED) is 0.338. The lowest BCUT2D eigenvalue weighted by Crippen LogP contribution is -3.00. The van der Waals surface area contributed by atoms with Crippen molar-refractivity contribution in [3.8, 4) is 0 Å². The van der Waals surface area contributed by atoms with Crippen LogP contribution in [0, 0.1) is 0 Å². The van der Waals surface area contributed by atoms with Crippen LogP contribution in [0.25, 0.3) is 0 Å². The molecule has 0 saturated carbocycles. The molecule has 0 aliphatic carbocycles. The monoisotopic (exact) mass is 361 g/mol. The fraction of sp³-hybridized carbons (Fsp3) is 0.688. The van der Waals surface area contributed by atoms with Crippen LogP contribution >= 0.6 is 0 Å². The van der Waals surface area contributed by atoms with E-state index in [0.29, 0.717) is 0 Å². The third kappa shape index (κ3) is 9.86. The van der Waals surface area contributed by atoms with E-state index in [1.54, 1.807) is 0 Å². The fourth-order valence-corrected chi connectivity index (χ4v) is 2.19. The van der Waals surface area contributed by atoms with Gasteiger partial charge in [-0.15, -0.1) is 0 Å². The standard InChI is InChI=1S/C16H28N.HI/c1-2-3-4-5-6-7-8-9-11-14-17-15-12-10-13-16-17;/h10,12-13,15-16H,2-9,11,14H2,1H3;1H/q+1;/p-1. The Kier molecular flexibility index (Phi) is 13.2. The zero-order chi connectivity index (χ0) is 12.2. The first-order chi connectivity index (χ1) is 8.43. The fourth-order valence-electron chi connectivity index (χ4n) is 2.19. The molecule has 0 aliphatic heterocycles. The highest BCUT2D eigenvalue weighted by atomic mass is 127. The number of nitrogens with zero attached hydrogens (tertiary/aromatic N) is 1.